The van der Waals surface area contributed by atoms with Gasteiger partial charge in [0.1, 0.15) is 10.7 Å². The standard InChI is InChI=1S/C16H18N2O5/c1-16(2,3)10-5-6-12(22-4)11(9-10)17-15(19)13-7-8-14(23-13)18(20)21/h5-9H,1-4H3,(H,17,19). The fourth-order valence-electron chi connectivity index (χ4n) is 2.00. The first-order chi connectivity index (χ1) is 10.7. The lowest BCUT2D eigenvalue weighted by Gasteiger charge is -2.21. The number of nitrogens with one attached hydrogen (secondary N) is 1. The summed E-state index contributed by atoms with van der Waals surface area (Å²) in [6, 6.07) is 7.90. The number of hydrogen-bond acceptors (Lipinski definition) is 5. The molecule has 0 atom stereocenters. The van der Waals surface area contributed by atoms with E-state index in [0.29, 0.717) is 11.4 Å². The zero-order valence-corrected chi connectivity index (χ0v) is 13.4. The summed E-state index contributed by atoms with van der Waals surface area (Å²) in [6.07, 6.45) is 0. The van der Waals surface area contributed by atoms with E-state index in [4.69, 9.17) is 9.15 Å². The van der Waals surface area contributed by atoms with Crippen molar-refractivity contribution in [2.75, 3.05) is 12.4 Å². The van der Waals surface area contributed by atoms with Gasteiger partial charge in [-0.1, -0.05) is 26.8 Å². The van der Waals surface area contributed by atoms with Gasteiger partial charge in [0.2, 0.25) is 0 Å². The second kappa shape index (κ2) is 6.12. The Morgan fingerprint density at radius 1 is 1.26 bits per heavy atom. The van der Waals surface area contributed by atoms with Crippen LogP contribution in [-0.4, -0.2) is 17.9 Å². The van der Waals surface area contributed by atoms with E-state index in [2.05, 4.69) is 26.1 Å². The van der Waals surface area contributed by atoms with Gasteiger partial charge in [-0.3, -0.25) is 14.9 Å². The van der Waals surface area contributed by atoms with E-state index in [1.54, 1.807) is 6.07 Å². The predicted octanol–water partition coefficient (Wildman–Crippen LogP) is 3.75. The van der Waals surface area contributed by atoms with Gasteiger partial charge < -0.3 is 14.5 Å². The fourth-order valence-corrected chi connectivity index (χ4v) is 2.00. The molecule has 0 fully saturated rings. The van der Waals surface area contributed by atoms with Gasteiger partial charge in [-0.25, -0.2) is 0 Å². The van der Waals surface area contributed by atoms with Crippen LogP contribution in [-0.2, 0) is 5.41 Å². The Morgan fingerprint density at radius 2 is 1.96 bits per heavy atom. The summed E-state index contributed by atoms with van der Waals surface area (Å²) in [6.45, 7) is 6.16. The van der Waals surface area contributed by atoms with Crippen LogP contribution in [0.15, 0.2) is 34.7 Å². The molecular formula is C16H18N2O5. The average molecular weight is 318 g/mol. The summed E-state index contributed by atoms with van der Waals surface area (Å²) < 4.78 is 10.1. The lowest BCUT2D eigenvalue weighted by atomic mass is 9.87. The third-order valence-electron chi connectivity index (χ3n) is 3.31. The molecule has 0 saturated heterocycles. The molecule has 2 aromatic rings. The van der Waals surface area contributed by atoms with Crippen molar-refractivity contribution in [2.24, 2.45) is 0 Å². The Bertz CT molecular complexity index is 743. The molecule has 1 amide bonds. The minimum absolute atomic E-state index is 0.102. The van der Waals surface area contributed by atoms with E-state index in [0.717, 1.165) is 11.6 Å². The maximum atomic E-state index is 12.2. The molecular weight excluding hydrogens is 300 g/mol. The first kappa shape index (κ1) is 16.5. The molecule has 0 aliphatic rings. The number of rotatable bonds is 4. The molecule has 7 nitrogen and oxygen atoms in total. The largest absolute Gasteiger partial charge is 0.495 e. The number of anilines is 1. The van der Waals surface area contributed by atoms with Gasteiger partial charge in [0.25, 0.3) is 5.91 Å². The van der Waals surface area contributed by atoms with E-state index in [-0.39, 0.29) is 11.2 Å². The Kier molecular flexibility index (Phi) is 4.40. The highest BCUT2D eigenvalue weighted by molar-refractivity contribution is 6.03. The molecule has 0 aliphatic heterocycles. The molecule has 1 aromatic heterocycles. The fraction of sp³-hybridized carbons (Fsp3) is 0.312. The molecule has 0 radical (unpaired) electrons. The SMILES string of the molecule is COc1ccc(C(C)(C)C)cc1NC(=O)c1ccc([N+](=O)[O-])o1. The van der Waals surface area contributed by atoms with Crippen LogP contribution >= 0.6 is 0 Å². The number of carbonyl (C=O) groups is 1. The van der Waals surface area contributed by atoms with Gasteiger partial charge in [-0.2, -0.15) is 0 Å². The highest BCUT2D eigenvalue weighted by Crippen LogP contribution is 2.32. The first-order valence-electron chi connectivity index (χ1n) is 6.96. The highest BCUT2D eigenvalue weighted by Gasteiger charge is 2.20. The van der Waals surface area contributed by atoms with Crippen molar-refractivity contribution in [1.29, 1.82) is 0 Å². The zero-order valence-electron chi connectivity index (χ0n) is 13.4. The summed E-state index contributed by atoms with van der Waals surface area (Å²) in [4.78, 5) is 22.1. The van der Waals surface area contributed by atoms with Crippen molar-refractivity contribution in [3.05, 3.63) is 51.8 Å². The number of carbonyl (C=O) groups excluding carboxylic acids is 1. The normalized spacial score (nSPS) is 11.1. The Balaban J connectivity index is 2.30. The first-order valence-corrected chi connectivity index (χ1v) is 6.96. The van der Waals surface area contributed by atoms with Crippen LogP contribution in [0.1, 0.15) is 36.9 Å². The van der Waals surface area contributed by atoms with E-state index in [9.17, 15) is 14.9 Å². The van der Waals surface area contributed by atoms with Crippen LogP contribution < -0.4 is 10.1 Å². The summed E-state index contributed by atoms with van der Waals surface area (Å²) in [5.74, 6) is -0.708. The Labute approximate surface area is 133 Å². The van der Waals surface area contributed by atoms with Crippen LogP contribution in [0.3, 0.4) is 0 Å². The number of benzene rings is 1. The van der Waals surface area contributed by atoms with Crippen molar-refractivity contribution >= 4 is 17.5 Å². The van der Waals surface area contributed by atoms with Gasteiger partial charge in [0.05, 0.1) is 18.9 Å². The monoisotopic (exact) mass is 318 g/mol. The topological polar surface area (TPSA) is 94.6 Å². The third-order valence-corrected chi connectivity index (χ3v) is 3.31. The van der Waals surface area contributed by atoms with Gasteiger partial charge in [0, 0.05) is 0 Å². The Morgan fingerprint density at radius 3 is 2.48 bits per heavy atom. The van der Waals surface area contributed by atoms with Gasteiger partial charge in [0.15, 0.2) is 5.76 Å². The molecule has 0 spiro atoms. The molecule has 0 bridgehead atoms. The highest BCUT2D eigenvalue weighted by atomic mass is 16.6. The van der Waals surface area contributed by atoms with Crippen LogP contribution in [0.5, 0.6) is 5.75 Å². The van der Waals surface area contributed by atoms with E-state index < -0.39 is 16.7 Å². The number of methoxy groups -OCH3 is 1. The van der Waals surface area contributed by atoms with Crippen molar-refractivity contribution in [2.45, 2.75) is 26.2 Å². The second-order valence-electron chi connectivity index (χ2n) is 6.01. The van der Waals surface area contributed by atoms with E-state index in [1.807, 2.05) is 12.1 Å². The summed E-state index contributed by atoms with van der Waals surface area (Å²) in [7, 11) is 1.50. The zero-order chi connectivity index (χ0) is 17.2. The molecule has 1 aromatic carbocycles. The van der Waals surface area contributed by atoms with Crippen molar-refractivity contribution in [3.8, 4) is 5.75 Å². The lowest BCUT2D eigenvalue weighted by Crippen LogP contribution is -2.15. The smallest absolute Gasteiger partial charge is 0.433 e. The van der Waals surface area contributed by atoms with Crippen molar-refractivity contribution in [3.63, 3.8) is 0 Å². The molecule has 7 heteroatoms. The van der Waals surface area contributed by atoms with E-state index in [1.165, 1.54) is 13.2 Å². The number of amides is 1. The van der Waals surface area contributed by atoms with Crippen LogP contribution in [0.4, 0.5) is 11.6 Å². The maximum Gasteiger partial charge on any atom is 0.433 e. The molecule has 1 heterocycles. The van der Waals surface area contributed by atoms with Crippen LogP contribution in [0.25, 0.3) is 0 Å². The summed E-state index contributed by atoms with van der Waals surface area (Å²) in [5, 5.41) is 13.3. The van der Waals surface area contributed by atoms with Crippen molar-refractivity contribution in [1.82, 2.24) is 0 Å². The van der Waals surface area contributed by atoms with Crippen molar-refractivity contribution < 1.29 is 18.9 Å². The summed E-state index contributed by atoms with van der Waals surface area (Å²) >= 11 is 0. The minimum Gasteiger partial charge on any atom is -0.495 e. The molecule has 2 rings (SSSR count). The molecule has 0 aliphatic carbocycles. The molecule has 122 valence electrons. The van der Waals surface area contributed by atoms with Crippen LogP contribution in [0, 0.1) is 10.1 Å². The number of nitro groups is 1. The van der Waals surface area contributed by atoms with E-state index >= 15 is 0 Å². The quantitative estimate of drug-likeness (QED) is 0.684. The van der Waals surface area contributed by atoms with Gasteiger partial charge in [-0.05, 0) is 29.2 Å². The number of ether oxygens (including phenoxy) is 1. The van der Waals surface area contributed by atoms with Gasteiger partial charge >= 0.3 is 5.88 Å². The lowest BCUT2D eigenvalue weighted by molar-refractivity contribution is -0.402. The number of furan rings is 1. The molecule has 0 unspecified atom stereocenters. The molecule has 0 saturated carbocycles. The van der Waals surface area contributed by atoms with Crippen LogP contribution in [0.2, 0.25) is 0 Å². The van der Waals surface area contributed by atoms with Gasteiger partial charge in [-0.15, -0.1) is 0 Å². The summed E-state index contributed by atoms with van der Waals surface area (Å²) in [5.41, 5.74) is 1.39. The predicted molar refractivity (Wildman–Crippen MR) is 85.0 cm³/mol. The second-order valence-corrected chi connectivity index (χ2v) is 6.01. The number of nitrogens with zero attached hydrogens (tertiary/aromatic N) is 1. The molecule has 23 heavy (non-hydrogen) atoms. The average Bonchev–Trinajstić information content (AvgIpc) is 2.96. The third kappa shape index (κ3) is 3.68. The maximum absolute atomic E-state index is 12.2. The Hall–Kier alpha value is -2.83. The molecule has 1 N–H and O–H groups in total. The number of hydrogen-bond donors (Lipinski definition) is 1. The minimum atomic E-state index is -0.697.